The van der Waals surface area contributed by atoms with Crippen LogP contribution in [0.2, 0.25) is 0 Å². The fourth-order valence-corrected chi connectivity index (χ4v) is 3.52. The van der Waals surface area contributed by atoms with Crippen molar-refractivity contribution in [2.75, 3.05) is 11.1 Å². The Morgan fingerprint density at radius 2 is 1.65 bits per heavy atom. The van der Waals surface area contributed by atoms with E-state index >= 15 is 0 Å². The number of amides is 1. The third-order valence-corrected chi connectivity index (χ3v) is 5.05. The summed E-state index contributed by atoms with van der Waals surface area (Å²) in [5, 5.41) is 2.74. The molecule has 0 aliphatic heterocycles. The van der Waals surface area contributed by atoms with Gasteiger partial charge in [-0.2, -0.15) is 0 Å². The number of anilines is 2. The molecule has 5 rings (SSSR count). The number of nitrogens with two attached hydrogens (primary N) is 1. The first-order valence-corrected chi connectivity index (χ1v) is 10.3. The van der Waals surface area contributed by atoms with Gasteiger partial charge >= 0.3 is 6.01 Å². The van der Waals surface area contributed by atoms with Crippen molar-refractivity contribution in [3.63, 3.8) is 0 Å². The van der Waals surface area contributed by atoms with Gasteiger partial charge in [0.05, 0.1) is 11.4 Å². The van der Waals surface area contributed by atoms with Crippen molar-refractivity contribution < 1.29 is 9.53 Å². The van der Waals surface area contributed by atoms with Crippen LogP contribution in [0.25, 0.3) is 28.2 Å². The largest absolute Gasteiger partial charge is 0.424 e. The highest BCUT2D eigenvalue weighted by Gasteiger charge is 2.18. The number of nitrogens with one attached hydrogen (secondary N) is 1. The highest BCUT2D eigenvalue weighted by Crippen LogP contribution is 2.35. The van der Waals surface area contributed by atoms with Crippen molar-refractivity contribution in [1.82, 2.24) is 24.3 Å². The van der Waals surface area contributed by atoms with E-state index in [1.807, 2.05) is 48.5 Å². The van der Waals surface area contributed by atoms with E-state index in [4.69, 9.17) is 15.5 Å². The summed E-state index contributed by atoms with van der Waals surface area (Å²) in [4.78, 5) is 28.8. The molecule has 9 nitrogen and oxygen atoms in total. The molecule has 0 bridgehead atoms. The van der Waals surface area contributed by atoms with Crippen LogP contribution in [-0.2, 0) is 4.79 Å². The predicted octanol–water partition coefficient (Wildman–Crippen LogP) is 4.35. The van der Waals surface area contributed by atoms with Crippen molar-refractivity contribution in [1.29, 1.82) is 0 Å². The fourth-order valence-electron chi connectivity index (χ4n) is 3.52. The van der Waals surface area contributed by atoms with Gasteiger partial charge in [-0.25, -0.2) is 19.9 Å². The Kier molecular flexibility index (Phi) is 5.41. The van der Waals surface area contributed by atoms with Crippen molar-refractivity contribution in [2.24, 2.45) is 0 Å². The van der Waals surface area contributed by atoms with Gasteiger partial charge in [-0.3, -0.25) is 9.20 Å². The first-order valence-electron chi connectivity index (χ1n) is 10.3. The number of aromatic nitrogens is 5. The molecule has 0 fully saturated rings. The molecule has 1 amide bonds. The maximum atomic E-state index is 11.6. The molecule has 0 spiro atoms. The minimum atomic E-state index is -0.275. The maximum absolute atomic E-state index is 11.6. The van der Waals surface area contributed by atoms with Gasteiger partial charge in [0, 0.05) is 35.4 Å². The first-order chi connectivity index (χ1) is 16.6. The molecule has 2 aromatic carbocycles. The number of hydrogen-bond acceptors (Lipinski definition) is 7. The van der Waals surface area contributed by atoms with Crippen LogP contribution in [0.1, 0.15) is 0 Å². The van der Waals surface area contributed by atoms with Gasteiger partial charge in [-0.1, -0.05) is 18.7 Å². The number of carbonyl (C=O) groups is 1. The molecule has 3 aromatic heterocycles. The summed E-state index contributed by atoms with van der Waals surface area (Å²) in [7, 11) is 0. The smallest absolute Gasteiger partial charge is 0.321 e. The minimum absolute atomic E-state index is 0.267. The van der Waals surface area contributed by atoms with Crippen molar-refractivity contribution >= 4 is 23.2 Å². The molecule has 0 radical (unpaired) electrons. The average Bonchev–Trinajstić information content (AvgIpc) is 3.26. The maximum Gasteiger partial charge on any atom is 0.321 e. The Balaban J connectivity index is 1.56. The summed E-state index contributed by atoms with van der Waals surface area (Å²) in [6, 6.07) is 18.7. The summed E-state index contributed by atoms with van der Waals surface area (Å²) >= 11 is 0. The lowest BCUT2D eigenvalue weighted by atomic mass is 10.0. The highest BCUT2D eigenvalue weighted by molar-refractivity contribution is 5.99. The van der Waals surface area contributed by atoms with E-state index in [9.17, 15) is 4.79 Å². The van der Waals surface area contributed by atoms with Gasteiger partial charge in [0.15, 0.2) is 0 Å². The van der Waals surface area contributed by atoms with Crippen molar-refractivity contribution in [3.05, 3.63) is 91.9 Å². The van der Waals surface area contributed by atoms with Gasteiger partial charge in [0.2, 0.25) is 11.9 Å². The molecule has 3 N–H and O–H groups in total. The molecule has 9 heteroatoms. The van der Waals surface area contributed by atoms with Crippen LogP contribution in [-0.4, -0.2) is 30.2 Å². The lowest BCUT2D eigenvalue weighted by Gasteiger charge is -2.09. The lowest BCUT2D eigenvalue weighted by molar-refractivity contribution is -0.111. The fraction of sp³-hybridized carbons (Fsp3) is 0. The van der Waals surface area contributed by atoms with Crippen LogP contribution in [0.15, 0.2) is 91.9 Å². The van der Waals surface area contributed by atoms with Gasteiger partial charge in [-0.15, -0.1) is 0 Å². The van der Waals surface area contributed by atoms with Crippen LogP contribution in [0, 0.1) is 0 Å². The highest BCUT2D eigenvalue weighted by atomic mass is 16.5. The summed E-state index contributed by atoms with van der Waals surface area (Å²) in [6.07, 6.45) is 6.08. The number of benzene rings is 2. The van der Waals surface area contributed by atoms with Gasteiger partial charge in [-0.05, 0) is 54.6 Å². The number of nitrogen functional groups attached to an aromatic ring is 1. The van der Waals surface area contributed by atoms with E-state index in [1.54, 1.807) is 35.1 Å². The van der Waals surface area contributed by atoms with Crippen LogP contribution < -0.4 is 15.8 Å². The molecular formula is C25H19N7O2. The Morgan fingerprint density at radius 1 is 0.941 bits per heavy atom. The van der Waals surface area contributed by atoms with Crippen LogP contribution in [0.3, 0.4) is 0 Å². The van der Waals surface area contributed by atoms with E-state index in [0.717, 1.165) is 22.5 Å². The van der Waals surface area contributed by atoms with Crippen LogP contribution in [0.4, 0.5) is 11.6 Å². The van der Waals surface area contributed by atoms with E-state index in [2.05, 4.69) is 26.8 Å². The summed E-state index contributed by atoms with van der Waals surface area (Å²) in [5.74, 6) is 0.640. The Bertz CT molecular complexity index is 1480. The Morgan fingerprint density at radius 3 is 2.35 bits per heavy atom. The Hall–Kier alpha value is -5.05. The zero-order chi connectivity index (χ0) is 23.5. The molecule has 34 heavy (non-hydrogen) atoms. The topological polar surface area (TPSA) is 120 Å². The predicted molar refractivity (Wildman–Crippen MR) is 129 cm³/mol. The number of ether oxygens (including phenoxy) is 1. The molecule has 3 heterocycles. The van der Waals surface area contributed by atoms with E-state index in [-0.39, 0.29) is 11.9 Å². The molecule has 0 unspecified atom stereocenters. The third-order valence-electron chi connectivity index (χ3n) is 5.05. The van der Waals surface area contributed by atoms with Crippen molar-refractivity contribution in [2.45, 2.75) is 0 Å². The second-order valence-corrected chi connectivity index (χ2v) is 7.23. The molecule has 0 atom stereocenters. The minimum Gasteiger partial charge on any atom is -0.424 e. The molecule has 5 aromatic rings. The molecular weight excluding hydrogens is 430 g/mol. The number of fused-ring (bicyclic) bond motifs is 1. The van der Waals surface area contributed by atoms with Crippen molar-refractivity contribution in [3.8, 4) is 34.3 Å². The molecule has 0 aliphatic rings. The Labute approximate surface area is 194 Å². The molecule has 166 valence electrons. The lowest BCUT2D eigenvalue weighted by Crippen LogP contribution is -2.06. The molecule has 0 saturated carbocycles. The SMILES string of the molecule is C=CC(=O)Nc1ccc(-c2nc3ccnc(N)n3c2-c2ccc(Oc3ncccn3)cc2)cc1. The number of hydrogen-bond donors (Lipinski definition) is 2. The molecule has 0 saturated heterocycles. The third kappa shape index (κ3) is 4.05. The van der Waals surface area contributed by atoms with E-state index < -0.39 is 0 Å². The second-order valence-electron chi connectivity index (χ2n) is 7.23. The quantitative estimate of drug-likeness (QED) is 0.370. The van der Waals surface area contributed by atoms with Crippen LogP contribution >= 0.6 is 0 Å². The van der Waals surface area contributed by atoms with E-state index in [0.29, 0.717) is 23.0 Å². The summed E-state index contributed by atoms with van der Waals surface area (Å²) in [6.45, 7) is 3.47. The number of carbonyl (C=O) groups excluding carboxylic acids is 1. The monoisotopic (exact) mass is 449 g/mol. The first kappa shape index (κ1) is 20.8. The number of rotatable bonds is 6. The molecule has 0 aliphatic carbocycles. The second kappa shape index (κ2) is 8.83. The summed E-state index contributed by atoms with van der Waals surface area (Å²) in [5.41, 5.74) is 10.8. The number of imidazole rings is 1. The normalized spacial score (nSPS) is 10.7. The standard InChI is InChI=1S/C25H19N7O2/c1-2-21(33)30-18-8-4-16(5-9-18)22-23(32-20(31-22)12-15-27-24(32)26)17-6-10-19(11-7-17)34-25-28-13-3-14-29-25/h2-15H,1H2,(H2,26,27)(H,30,33). The zero-order valence-corrected chi connectivity index (χ0v) is 17.9. The average molecular weight is 449 g/mol. The van der Waals surface area contributed by atoms with Gasteiger partial charge in [0.1, 0.15) is 11.4 Å². The zero-order valence-electron chi connectivity index (χ0n) is 17.9. The summed E-state index contributed by atoms with van der Waals surface area (Å²) < 4.78 is 7.51. The van der Waals surface area contributed by atoms with Gasteiger partial charge < -0.3 is 15.8 Å². The van der Waals surface area contributed by atoms with Crippen LogP contribution in [0.5, 0.6) is 11.8 Å². The van der Waals surface area contributed by atoms with E-state index in [1.165, 1.54) is 6.08 Å². The number of nitrogens with zero attached hydrogens (tertiary/aromatic N) is 5. The van der Waals surface area contributed by atoms with Gasteiger partial charge in [0.25, 0.3) is 0 Å².